The van der Waals surface area contributed by atoms with E-state index in [1.54, 1.807) is 18.6 Å². The Hall–Kier alpha value is -1.89. The highest BCUT2D eigenvalue weighted by molar-refractivity contribution is 7.13. The molecule has 0 saturated heterocycles. The van der Waals surface area contributed by atoms with Crippen molar-refractivity contribution in [2.75, 3.05) is 12.8 Å². The van der Waals surface area contributed by atoms with Crippen LogP contribution < -0.4 is 5.73 Å². The van der Waals surface area contributed by atoms with Crippen LogP contribution in [0.15, 0.2) is 11.6 Å². The molecule has 0 aromatic carbocycles. The lowest BCUT2D eigenvalue weighted by Gasteiger charge is -1.96. The van der Waals surface area contributed by atoms with Crippen molar-refractivity contribution >= 4 is 22.4 Å². The summed E-state index contributed by atoms with van der Waals surface area (Å²) in [4.78, 5) is 15.6. The first-order valence-electron chi connectivity index (χ1n) is 4.45. The molecule has 0 radical (unpaired) electrons. The molecule has 0 amide bonds. The number of nitrogen functional groups attached to an aromatic ring is 1. The van der Waals surface area contributed by atoms with Crippen LogP contribution in [0.2, 0.25) is 0 Å². The number of carbonyl (C=O) groups excluding carboxylic acids is 1. The SMILES string of the molecule is COC(=O)c1nn(C)cc1-c1csc(N)n1. The molecule has 2 N–H and O–H groups in total. The number of hydrogen-bond acceptors (Lipinski definition) is 6. The number of ether oxygens (including phenoxy) is 1. The van der Waals surface area contributed by atoms with Gasteiger partial charge in [0.05, 0.1) is 18.4 Å². The van der Waals surface area contributed by atoms with Gasteiger partial charge in [-0.15, -0.1) is 11.3 Å². The van der Waals surface area contributed by atoms with Gasteiger partial charge in [0.1, 0.15) is 0 Å². The summed E-state index contributed by atoms with van der Waals surface area (Å²) in [6.07, 6.45) is 1.71. The van der Waals surface area contributed by atoms with Gasteiger partial charge in [-0.1, -0.05) is 0 Å². The number of methoxy groups -OCH3 is 1. The number of hydrogen-bond donors (Lipinski definition) is 1. The van der Waals surface area contributed by atoms with Crippen molar-refractivity contribution in [3.05, 3.63) is 17.3 Å². The van der Waals surface area contributed by atoms with Crippen molar-refractivity contribution in [1.29, 1.82) is 0 Å². The smallest absolute Gasteiger partial charge is 0.359 e. The third kappa shape index (κ3) is 1.76. The molecule has 2 rings (SSSR count). The number of esters is 1. The molecular formula is C9H10N4O2S. The topological polar surface area (TPSA) is 83.0 Å². The van der Waals surface area contributed by atoms with Crippen LogP contribution in [-0.4, -0.2) is 27.8 Å². The van der Waals surface area contributed by atoms with Crippen LogP contribution in [0.25, 0.3) is 11.3 Å². The lowest BCUT2D eigenvalue weighted by molar-refractivity contribution is 0.0594. The summed E-state index contributed by atoms with van der Waals surface area (Å²) in [6, 6.07) is 0. The van der Waals surface area contributed by atoms with Gasteiger partial charge < -0.3 is 10.5 Å². The summed E-state index contributed by atoms with van der Waals surface area (Å²) in [6.45, 7) is 0. The number of rotatable bonds is 2. The Labute approximate surface area is 95.7 Å². The van der Waals surface area contributed by atoms with Crippen molar-refractivity contribution in [3.8, 4) is 11.3 Å². The molecular weight excluding hydrogens is 228 g/mol. The van der Waals surface area contributed by atoms with Gasteiger partial charge >= 0.3 is 5.97 Å². The lowest BCUT2D eigenvalue weighted by Crippen LogP contribution is -2.04. The number of thiazole rings is 1. The summed E-state index contributed by atoms with van der Waals surface area (Å²) >= 11 is 1.31. The number of anilines is 1. The molecule has 0 aliphatic rings. The molecule has 0 unspecified atom stereocenters. The molecule has 84 valence electrons. The van der Waals surface area contributed by atoms with Gasteiger partial charge in [0.2, 0.25) is 0 Å². The van der Waals surface area contributed by atoms with Gasteiger partial charge in [0.15, 0.2) is 10.8 Å². The third-order valence-corrected chi connectivity index (χ3v) is 2.68. The van der Waals surface area contributed by atoms with Gasteiger partial charge in [-0.3, -0.25) is 4.68 Å². The molecule has 6 nitrogen and oxygen atoms in total. The Balaban J connectivity index is 2.52. The molecule has 0 spiro atoms. The molecule has 0 bridgehead atoms. The average molecular weight is 238 g/mol. The van der Waals surface area contributed by atoms with E-state index in [0.29, 0.717) is 16.4 Å². The fourth-order valence-electron chi connectivity index (χ4n) is 1.33. The van der Waals surface area contributed by atoms with Crippen molar-refractivity contribution < 1.29 is 9.53 Å². The fourth-order valence-corrected chi connectivity index (χ4v) is 1.90. The first-order chi connectivity index (χ1) is 7.61. The van der Waals surface area contributed by atoms with Gasteiger partial charge in [0, 0.05) is 18.6 Å². The summed E-state index contributed by atoms with van der Waals surface area (Å²) in [7, 11) is 3.04. The van der Waals surface area contributed by atoms with Crippen LogP contribution in [0.5, 0.6) is 0 Å². The normalized spacial score (nSPS) is 10.4. The quantitative estimate of drug-likeness (QED) is 0.786. The van der Waals surface area contributed by atoms with E-state index in [4.69, 9.17) is 5.73 Å². The molecule has 7 heteroatoms. The highest BCUT2D eigenvalue weighted by atomic mass is 32.1. The summed E-state index contributed by atoms with van der Waals surface area (Å²) < 4.78 is 6.19. The predicted molar refractivity (Wildman–Crippen MR) is 60.1 cm³/mol. The van der Waals surface area contributed by atoms with Crippen LogP contribution in [0.3, 0.4) is 0 Å². The van der Waals surface area contributed by atoms with Crippen LogP contribution >= 0.6 is 11.3 Å². The van der Waals surface area contributed by atoms with Gasteiger partial charge in [-0.25, -0.2) is 9.78 Å². The first kappa shape index (κ1) is 10.6. The molecule has 0 aliphatic carbocycles. The molecule has 16 heavy (non-hydrogen) atoms. The molecule has 0 aliphatic heterocycles. The molecule has 0 saturated carbocycles. The van der Waals surface area contributed by atoms with Crippen molar-refractivity contribution in [3.63, 3.8) is 0 Å². The summed E-state index contributed by atoms with van der Waals surface area (Å²) in [5.74, 6) is -0.484. The zero-order valence-corrected chi connectivity index (χ0v) is 9.61. The number of aromatic nitrogens is 3. The van der Waals surface area contributed by atoms with Crippen LogP contribution in [0, 0.1) is 0 Å². The Morgan fingerprint density at radius 3 is 2.94 bits per heavy atom. The minimum atomic E-state index is -0.484. The fraction of sp³-hybridized carbons (Fsp3) is 0.222. The zero-order chi connectivity index (χ0) is 11.7. The second kappa shape index (κ2) is 3.93. The molecule has 2 aromatic heterocycles. The third-order valence-electron chi connectivity index (χ3n) is 2.01. The van der Waals surface area contributed by atoms with E-state index in [1.807, 2.05) is 0 Å². The lowest BCUT2D eigenvalue weighted by atomic mass is 10.2. The van der Waals surface area contributed by atoms with E-state index < -0.39 is 5.97 Å². The van der Waals surface area contributed by atoms with Crippen molar-refractivity contribution in [2.45, 2.75) is 0 Å². The highest BCUT2D eigenvalue weighted by Gasteiger charge is 2.19. The van der Waals surface area contributed by atoms with Gasteiger partial charge in [-0.05, 0) is 0 Å². The minimum absolute atomic E-state index is 0.246. The predicted octanol–water partition coefficient (Wildman–Crippen LogP) is 0.912. The Kier molecular flexibility index (Phi) is 2.61. The standard InChI is InChI=1S/C9H10N4O2S/c1-13-3-5(6-4-16-9(10)11-6)7(12-13)8(14)15-2/h3-4H,1-2H3,(H2,10,11). The largest absolute Gasteiger partial charge is 0.464 e. The number of nitrogens with zero attached hydrogens (tertiary/aromatic N) is 3. The molecule has 0 fully saturated rings. The zero-order valence-electron chi connectivity index (χ0n) is 8.80. The number of nitrogens with two attached hydrogens (primary N) is 1. The van der Waals surface area contributed by atoms with Gasteiger partial charge in [-0.2, -0.15) is 5.10 Å². The van der Waals surface area contributed by atoms with Crippen molar-refractivity contribution in [2.24, 2.45) is 7.05 Å². The maximum absolute atomic E-state index is 11.5. The maximum Gasteiger partial charge on any atom is 0.359 e. The Morgan fingerprint density at radius 2 is 2.38 bits per heavy atom. The number of aryl methyl sites for hydroxylation is 1. The van der Waals surface area contributed by atoms with Crippen molar-refractivity contribution in [1.82, 2.24) is 14.8 Å². The minimum Gasteiger partial charge on any atom is -0.464 e. The average Bonchev–Trinajstić information content (AvgIpc) is 2.83. The van der Waals surface area contributed by atoms with Crippen LogP contribution in [0.1, 0.15) is 10.5 Å². The van der Waals surface area contributed by atoms with E-state index in [1.165, 1.54) is 23.1 Å². The van der Waals surface area contributed by atoms with E-state index in [9.17, 15) is 4.79 Å². The van der Waals surface area contributed by atoms with Crippen LogP contribution in [-0.2, 0) is 11.8 Å². The molecule has 2 aromatic rings. The summed E-state index contributed by atoms with van der Waals surface area (Å²) in [5.41, 5.74) is 7.05. The second-order valence-electron chi connectivity index (χ2n) is 3.13. The Morgan fingerprint density at radius 1 is 1.62 bits per heavy atom. The van der Waals surface area contributed by atoms with Gasteiger partial charge in [0.25, 0.3) is 0 Å². The highest BCUT2D eigenvalue weighted by Crippen LogP contribution is 2.25. The Bertz CT molecular complexity index is 531. The number of carbonyl (C=O) groups is 1. The maximum atomic E-state index is 11.5. The van der Waals surface area contributed by atoms with E-state index in [-0.39, 0.29) is 5.69 Å². The van der Waals surface area contributed by atoms with E-state index in [2.05, 4.69) is 14.8 Å². The van der Waals surface area contributed by atoms with Crippen LogP contribution in [0.4, 0.5) is 5.13 Å². The van der Waals surface area contributed by atoms with E-state index in [0.717, 1.165) is 0 Å². The molecule has 2 heterocycles. The first-order valence-corrected chi connectivity index (χ1v) is 5.33. The molecule has 0 atom stereocenters. The second-order valence-corrected chi connectivity index (χ2v) is 4.02. The summed E-state index contributed by atoms with van der Waals surface area (Å²) in [5, 5.41) is 6.26. The monoisotopic (exact) mass is 238 g/mol. The van der Waals surface area contributed by atoms with E-state index >= 15 is 0 Å².